The molecule has 0 unspecified atom stereocenters. The molecule has 1 aromatic heterocycles. The highest BCUT2D eigenvalue weighted by atomic mass is 16.5. The lowest BCUT2D eigenvalue weighted by molar-refractivity contribution is -0.106. The van der Waals surface area contributed by atoms with Crippen LogP contribution in [0.3, 0.4) is 0 Å². The van der Waals surface area contributed by atoms with Crippen molar-refractivity contribution in [1.29, 1.82) is 0 Å². The van der Waals surface area contributed by atoms with Crippen LogP contribution in [0.2, 0.25) is 0 Å². The molecule has 0 saturated carbocycles. The first kappa shape index (κ1) is 17.5. The smallest absolute Gasteiger partial charge is 0.204 e. The first-order chi connectivity index (χ1) is 11.8. The molecule has 7 heteroatoms. The van der Waals surface area contributed by atoms with Crippen molar-refractivity contribution >= 4 is 12.5 Å². The van der Waals surface area contributed by atoms with Crippen molar-refractivity contribution in [1.82, 2.24) is 10.5 Å². The number of nitrogens with one attached hydrogen (secondary N) is 1. The van der Waals surface area contributed by atoms with Crippen molar-refractivity contribution in [2.45, 2.75) is 6.61 Å². The second-order valence-electron chi connectivity index (χ2n) is 4.91. The van der Waals surface area contributed by atoms with E-state index in [4.69, 9.17) is 19.5 Å². The van der Waals surface area contributed by atoms with Crippen molar-refractivity contribution < 1.29 is 19.5 Å². The van der Waals surface area contributed by atoms with Crippen molar-refractivity contribution in [2.24, 2.45) is 5.73 Å². The molecule has 2 heterocycles. The summed E-state index contributed by atoms with van der Waals surface area (Å²) in [4.78, 5) is 12.6. The van der Waals surface area contributed by atoms with E-state index in [0.717, 1.165) is 28.2 Å². The topological polar surface area (TPSA) is 107 Å². The zero-order valence-electron chi connectivity index (χ0n) is 13.0. The average molecular weight is 329 g/mol. The van der Waals surface area contributed by atoms with Crippen LogP contribution in [0.4, 0.5) is 0 Å². The molecule has 4 N–H and O–H groups in total. The summed E-state index contributed by atoms with van der Waals surface area (Å²) >= 11 is 0. The van der Waals surface area contributed by atoms with E-state index in [0.29, 0.717) is 19.8 Å². The monoisotopic (exact) mass is 329 g/mol. The van der Waals surface area contributed by atoms with Crippen molar-refractivity contribution in [3.8, 4) is 11.5 Å². The highest BCUT2D eigenvalue weighted by Gasteiger charge is 2.12. The molecule has 7 nitrogen and oxygen atoms in total. The van der Waals surface area contributed by atoms with Gasteiger partial charge in [0, 0.05) is 30.1 Å². The van der Waals surface area contributed by atoms with E-state index in [2.05, 4.69) is 16.2 Å². The molecular formula is C17H19N3O4. The number of carbonyl (C=O) groups excluding carboxylic acids is 1. The molecule has 0 radical (unpaired) electrons. The maximum Gasteiger partial charge on any atom is 0.204 e. The number of nitrogens with two attached hydrogens (primary N) is 1. The van der Waals surface area contributed by atoms with Crippen LogP contribution >= 0.6 is 0 Å². The van der Waals surface area contributed by atoms with Gasteiger partial charge in [0.05, 0.1) is 0 Å². The molecule has 24 heavy (non-hydrogen) atoms. The third kappa shape index (κ3) is 5.08. The Kier molecular flexibility index (Phi) is 6.75. The number of amides is 1. The summed E-state index contributed by atoms with van der Waals surface area (Å²) in [5.74, 6) is 1.60. The summed E-state index contributed by atoms with van der Waals surface area (Å²) in [5, 5.41) is 8.75. The lowest BCUT2D eigenvalue weighted by atomic mass is 10.1. The van der Waals surface area contributed by atoms with Gasteiger partial charge in [-0.15, -0.1) is 0 Å². The molecule has 0 saturated heterocycles. The van der Waals surface area contributed by atoms with Gasteiger partial charge in [-0.25, -0.2) is 5.48 Å². The molecule has 1 aliphatic rings. The van der Waals surface area contributed by atoms with Crippen LogP contribution in [-0.4, -0.2) is 29.8 Å². The Hall–Kier alpha value is -2.90. The normalized spacial score (nSPS) is 12.0. The zero-order valence-corrected chi connectivity index (χ0v) is 13.0. The molecule has 1 aromatic carbocycles. The number of nitrogens with zero attached hydrogens (tertiary/aromatic N) is 1. The Balaban J connectivity index is 0.000000647. The van der Waals surface area contributed by atoms with Gasteiger partial charge in [0.15, 0.2) is 0 Å². The number of pyridine rings is 1. The molecule has 0 bridgehead atoms. The van der Waals surface area contributed by atoms with Crippen LogP contribution in [0.5, 0.6) is 11.5 Å². The fourth-order valence-electron chi connectivity index (χ4n) is 2.15. The average Bonchev–Trinajstić information content (AvgIpc) is 2.61. The predicted molar refractivity (Wildman–Crippen MR) is 88.5 cm³/mol. The highest BCUT2D eigenvalue weighted by molar-refractivity contribution is 5.64. The van der Waals surface area contributed by atoms with Gasteiger partial charge in [-0.3, -0.25) is 9.78 Å². The van der Waals surface area contributed by atoms with Gasteiger partial charge in [0.2, 0.25) is 6.41 Å². The molecule has 1 amide bonds. The van der Waals surface area contributed by atoms with Gasteiger partial charge >= 0.3 is 0 Å². The van der Waals surface area contributed by atoms with Crippen molar-refractivity contribution in [3.63, 3.8) is 0 Å². The van der Waals surface area contributed by atoms with Gasteiger partial charge < -0.3 is 20.4 Å². The molecule has 0 aliphatic carbocycles. The third-order valence-corrected chi connectivity index (χ3v) is 3.19. The number of hydroxylamine groups is 1. The summed E-state index contributed by atoms with van der Waals surface area (Å²) in [6, 6.07) is 9.57. The predicted octanol–water partition coefficient (Wildman–Crippen LogP) is 1.52. The molecule has 0 fully saturated rings. The largest absolute Gasteiger partial charge is 0.489 e. The summed E-state index contributed by atoms with van der Waals surface area (Å²) in [6.45, 7) is 1.35. The summed E-state index contributed by atoms with van der Waals surface area (Å²) in [7, 11) is 0. The van der Waals surface area contributed by atoms with E-state index in [1.165, 1.54) is 0 Å². The fraction of sp³-hybridized carbons (Fsp3) is 0.176. The van der Waals surface area contributed by atoms with Crippen molar-refractivity contribution in [3.05, 3.63) is 59.4 Å². The van der Waals surface area contributed by atoms with E-state index in [1.807, 2.05) is 36.4 Å². The van der Waals surface area contributed by atoms with Gasteiger partial charge in [-0.2, -0.15) is 0 Å². The molecule has 3 rings (SSSR count). The van der Waals surface area contributed by atoms with Crippen LogP contribution in [0, 0.1) is 0 Å². The van der Waals surface area contributed by atoms with Crippen LogP contribution in [-0.2, 0) is 11.4 Å². The lowest BCUT2D eigenvalue weighted by Gasteiger charge is -2.18. The summed E-state index contributed by atoms with van der Waals surface area (Å²) in [6.07, 6.45) is 5.77. The molecule has 0 spiro atoms. The van der Waals surface area contributed by atoms with Gasteiger partial charge in [-0.1, -0.05) is 6.07 Å². The standard InChI is InChI=1S/C16H16N2O3.CH3NO/c19-18-9-13-6-14-7-15(3-4-16(14)21-11-13)20-10-12-2-1-5-17-8-12;2-1-3/h1-8,18-19H,9-11H2;1H,(H2,2,3). The first-order valence-electron chi connectivity index (χ1n) is 7.27. The Bertz CT molecular complexity index is 689. The molecule has 2 aromatic rings. The number of fused-ring (bicyclic) bond motifs is 1. The van der Waals surface area contributed by atoms with Crippen LogP contribution < -0.4 is 20.7 Å². The minimum atomic E-state index is 0.250. The fourth-order valence-corrected chi connectivity index (χ4v) is 2.15. The summed E-state index contributed by atoms with van der Waals surface area (Å²) < 4.78 is 11.4. The number of benzene rings is 1. The third-order valence-electron chi connectivity index (χ3n) is 3.19. The zero-order chi connectivity index (χ0) is 17.2. The number of aromatic nitrogens is 1. The van der Waals surface area contributed by atoms with Crippen LogP contribution in [0.1, 0.15) is 11.1 Å². The number of hydrogen-bond acceptors (Lipinski definition) is 6. The van der Waals surface area contributed by atoms with E-state index in [-0.39, 0.29) is 6.41 Å². The Morgan fingerprint density at radius 2 is 2.25 bits per heavy atom. The molecule has 0 atom stereocenters. The van der Waals surface area contributed by atoms with E-state index >= 15 is 0 Å². The van der Waals surface area contributed by atoms with Crippen LogP contribution in [0.15, 0.2) is 48.3 Å². The van der Waals surface area contributed by atoms with Gasteiger partial charge in [0.1, 0.15) is 24.7 Å². The number of rotatable bonds is 5. The Morgan fingerprint density at radius 3 is 2.96 bits per heavy atom. The molecule has 1 aliphatic heterocycles. The number of ether oxygens (including phenoxy) is 2. The summed E-state index contributed by atoms with van der Waals surface area (Å²) in [5.41, 5.74) is 9.27. The SMILES string of the molecule is NC=O.ONCC1=Cc2cc(OCc3cccnc3)ccc2OC1. The highest BCUT2D eigenvalue weighted by Crippen LogP contribution is 2.30. The number of primary amides is 1. The number of hydrogen-bond donors (Lipinski definition) is 3. The molecular weight excluding hydrogens is 310 g/mol. The van der Waals surface area contributed by atoms with Gasteiger partial charge in [0.25, 0.3) is 0 Å². The maximum absolute atomic E-state index is 8.75. The Morgan fingerprint density at radius 1 is 1.42 bits per heavy atom. The minimum Gasteiger partial charge on any atom is -0.489 e. The first-order valence-corrected chi connectivity index (χ1v) is 7.27. The van der Waals surface area contributed by atoms with E-state index in [9.17, 15) is 0 Å². The molecule has 126 valence electrons. The minimum absolute atomic E-state index is 0.250. The Labute approximate surface area is 139 Å². The second kappa shape index (κ2) is 9.29. The van der Waals surface area contributed by atoms with E-state index < -0.39 is 0 Å². The lowest BCUT2D eigenvalue weighted by Crippen LogP contribution is -2.18. The number of carbonyl (C=O) groups is 1. The quantitative estimate of drug-likeness (QED) is 0.567. The van der Waals surface area contributed by atoms with E-state index in [1.54, 1.807) is 12.4 Å². The second-order valence-corrected chi connectivity index (χ2v) is 4.91. The maximum atomic E-state index is 8.75. The van der Waals surface area contributed by atoms with Gasteiger partial charge in [-0.05, 0) is 35.9 Å². The van der Waals surface area contributed by atoms with Crippen LogP contribution in [0.25, 0.3) is 6.08 Å². The van der Waals surface area contributed by atoms with Crippen molar-refractivity contribution in [2.75, 3.05) is 13.2 Å².